The number of aryl methyl sites for hydroxylation is 1. The number of hydrogen-bond acceptors (Lipinski definition) is 5. The molecule has 0 aliphatic rings. The quantitative estimate of drug-likeness (QED) is 0.921. The highest BCUT2D eigenvalue weighted by Gasteiger charge is 2.19. The average Bonchev–Trinajstić information content (AvgIpc) is 2.92. The fraction of sp³-hybridized carbons (Fsp3) is 0.312. The van der Waals surface area contributed by atoms with Crippen LogP contribution in [0.5, 0.6) is 0 Å². The van der Waals surface area contributed by atoms with E-state index < -0.39 is 0 Å². The number of nitriles is 1. The molecule has 0 fully saturated rings. The van der Waals surface area contributed by atoms with Crippen LogP contribution in [0.3, 0.4) is 0 Å². The third kappa shape index (κ3) is 3.91. The maximum absolute atomic E-state index is 12.3. The Hall–Kier alpha value is -2.23. The van der Waals surface area contributed by atoms with Crippen LogP contribution in [0.1, 0.15) is 23.2 Å². The molecule has 0 bridgehead atoms. The van der Waals surface area contributed by atoms with Crippen molar-refractivity contribution in [3.63, 3.8) is 0 Å². The lowest BCUT2D eigenvalue weighted by molar-refractivity contribution is -0.120. The van der Waals surface area contributed by atoms with Gasteiger partial charge in [0.05, 0.1) is 28.0 Å². The minimum Gasteiger partial charge on any atom is -0.324 e. The normalized spacial score (nSPS) is 12.0. The molecule has 0 radical (unpaired) electrons. The van der Waals surface area contributed by atoms with Crippen molar-refractivity contribution in [1.29, 1.82) is 5.26 Å². The fourth-order valence-electron chi connectivity index (χ4n) is 2.00. The van der Waals surface area contributed by atoms with Gasteiger partial charge in [0, 0.05) is 11.9 Å². The Balaban J connectivity index is 2.01. The first-order chi connectivity index (χ1) is 10.5. The van der Waals surface area contributed by atoms with Gasteiger partial charge in [-0.05, 0) is 33.0 Å². The lowest BCUT2D eigenvalue weighted by Gasteiger charge is -2.23. The molecule has 1 atom stereocenters. The first-order valence-corrected chi connectivity index (χ1v) is 7.80. The van der Waals surface area contributed by atoms with Crippen LogP contribution in [0.2, 0.25) is 0 Å². The summed E-state index contributed by atoms with van der Waals surface area (Å²) in [5.74, 6) is -0.142. The number of nitrogens with zero attached hydrogens (tertiary/aromatic N) is 3. The van der Waals surface area contributed by atoms with E-state index in [0.29, 0.717) is 17.8 Å². The van der Waals surface area contributed by atoms with E-state index in [0.717, 1.165) is 10.7 Å². The van der Waals surface area contributed by atoms with Gasteiger partial charge in [0.15, 0.2) is 0 Å². The predicted octanol–water partition coefficient (Wildman–Crippen LogP) is 2.78. The van der Waals surface area contributed by atoms with Crippen molar-refractivity contribution in [3.05, 3.63) is 45.9 Å². The largest absolute Gasteiger partial charge is 0.324 e. The molecule has 0 saturated carbocycles. The number of benzene rings is 1. The molecular formula is C16H18N4OS. The van der Waals surface area contributed by atoms with Crippen molar-refractivity contribution < 1.29 is 4.79 Å². The molecule has 1 amide bonds. The minimum atomic E-state index is -0.325. The van der Waals surface area contributed by atoms with E-state index in [4.69, 9.17) is 5.26 Å². The fourth-order valence-corrected chi connectivity index (χ4v) is 2.60. The summed E-state index contributed by atoms with van der Waals surface area (Å²) in [5.41, 5.74) is 1.96. The summed E-state index contributed by atoms with van der Waals surface area (Å²) in [6, 6.07) is 8.73. The van der Waals surface area contributed by atoms with Gasteiger partial charge in [0.25, 0.3) is 0 Å². The van der Waals surface area contributed by atoms with E-state index in [9.17, 15) is 4.79 Å². The first-order valence-electron chi connectivity index (χ1n) is 6.92. The molecule has 0 aliphatic heterocycles. The third-order valence-electron chi connectivity index (χ3n) is 3.42. The van der Waals surface area contributed by atoms with Crippen LogP contribution < -0.4 is 5.32 Å². The molecule has 0 spiro atoms. The third-order valence-corrected chi connectivity index (χ3v) is 4.25. The van der Waals surface area contributed by atoms with Gasteiger partial charge in [-0.2, -0.15) is 5.26 Å². The van der Waals surface area contributed by atoms with Crippen LogP contribution >= 0.6 is 11.3 Å². The number of anilines is 1. The van der Waals surface area contributed by atoms with Crippen molar-refractivity contribution in [2.75, 3.05) is 12.4 Å². The van der Waals surface area contributed by atoms with E-state index in [1.165, 1.54) is 0 Å². The van der Waals surface area contributed by atoms with Crippen LogP contribution in [-0.4, -0.2) is 28.9 Å². The molecule has 1 heterocycles. The number of amides is 1. The number of carbonyl (C=O) groups excluding carboxylic acids is 1. The molecule has 114 valence electrons. The molecule has 0 aliphatic carbocycles. The zero-order valence-corrected chi connectivity index (χ0v) is 13.6. The number of hydrogen-bond donors (Lipinski definition) is 1. The zero-order chi connectivity index (χ0) is 16.1. The topological polar surface area (TPSA) is 69.0 Å². The second-order valence-corrected chi connectivity index (χ2v) is 6.16. The number of nitrogens with one attached hydrogen (secondary N) is 1. The molecule has 1 unspecified atom stereocenters. The van der Waals surface area contributed by atoms with Gasteiger partial charge in [-0.3, -0.25) is 9.69 Å². The summed E-state index contributed by atoms with van der Waals surface area (Å²) < 4.78 is 0. The van der Waals surface area contributed by atoms with Gasteiger partial charge >= 0.3 is 0 Å². The van der Waals surface area contributed by atoms with Gasteiger partial charge in [0.1, 0.15) is 6.07 Å². The van der Waals surface area contributed by atoms with Crippen molar-refractivity contribution in [1.82, 2.24) is 9.88 Å². The van der Waals surface area contributed by atoms with Gasteiger partial charge in [0.2, 0.25) is 5.91 Å². The minimum absolute atomic E-state index is 0.142. The van der Waals surface area contributed by atoms with E-state index >= 15 is 0 Å². The summed E-state index contributed by atoms with van der Waals surface area (Å²) in [7, 11) is 1.88. The highest BCUT2D eigenvalue weighted by Crippen LogP contribution is 2.15. The van der Waals surface area contributed by atoms with Crippen LogP contribution in [0.25, 0.3) is 0 Å². The van der Waals surface area contributed by atoms with Gasteiger partial charge < -0.3 is 5.32 Å². The molecule has 2 aromatic rings. The number of para-hydroxylation sites is 1. The van der Waals surface area contributed by atoms with Gasteiger partial charge in [-0.15, -0.1) is 11.3 Å². The predicted molar refractivity (Wildman–Crippen MR) is 87.6 cm³/mol. The summed E-state index contributed by atoms with van der Waals surface area (Å²) >= 11 is 1.60. The van der Waals surface area contributed by atoms with Crippen LogP contribution in [0, 0.1) is 18.3 Å². The Kier molecular flexibility index (Phi) is 5.26. The average molecular weight is 314 g/mol. The second kappa shape index (κ2) is 7.16. The summed E-state index contributed by atoms with van der Waals surface area (Å²) in [6.07, 6.45) is 0. The van der Waals surface area contributed by atoms with Gasteiger partial charge in [-0.25, -0.2) is 4.98 Å². The van der Waals surface area contributed by atoms with Crippen LogP contribution in [0.4, 0.5) is 5.69 Å². The molecule has 1 aromatic heterocycles. The van der Waals surface area contributed by atoms with E-state index in [2.05, 4.69) is 16.4 Å². The number of aromatic nitrogens is 1. The van der Waals surface area contributed by atoms with Crippen molar-refractivity contribution >= 4 is 22.9 Å². The molecule has 22 heavy (non-hydrogen) atoms. The summed E-state index contributed by atoms with van der Waals surface area (Å²) in [6.45, 7) is 4.41. The monoisotopic (exact) mass is 314 g/mol. The summed E-state index contributed by atoms with van der Waals surface area (Å²) in [5, 5.41) is 14.9. The molecule has 0 saturated heterocycles. The van der Waals surface area contributed by atoms with Crippen LogP contribution in [0.15, 0.2) is 29.6 Å². The summed E-state index contributed by atoms with van der Waals surface area (Å²) in [4.78, 5) is 18.7. The highest BCUT2D eigenvalue weighted by molar-refractivity contribution is 7.09. The highest BCUT2D eigenvalue weighted by atomic mass is 32.1. The number of likely N-dealkylation sites (N-methyl/N-ethyl adjacent to an activating group) is 1. The van der Waals surface area contributed by atoms with E-state index in [1.807, 2.05) is 31.2 Å². The lowest BCUT2D eigenvalue weighted by atomic mass is 10.2. The molecule has 1 N–H and O–H groups in total. The maximum Gasteiger partial charge on any atom is 0.241 e. The van der Waals surface area contributed by atoms with Crippen molar-refractivity contribution in [3.8, 4) is 6.07 Å². The SMILES string of the molecule is Cc1nc(CN(C)C(C)C(=O)Nc2ccccc2C#N)cs1. The molecule has 2 rings (SSSR count). The molecule has 5 nitrogen and oxygen atoms in total. The van der Waals surface area contributed by atoms with Crippen molar-refractivity contribution in [2.24, 2.45) is 0 Å². The zero-order valence-electron chi connectivity index (χ0n) is 12.8. The second-order valence-electron chi connectivity index (χ2n) is 5.10. The Morgan fingerprint density at radius 1 is 1.50 bits per heavy atom. The first kappa shape index (κ1) is 16.1. The number of rotatable bonds is 5. The Morgan fingerprint density at radius 3 is 2.86 bits per heavy atom. The molecule has 6 heteroatoms. The molecule has 1 aromatic carbocycles. The number of thiazole rings is 1. The lowest BCUT2D eigenvalue weighted by Crippen LogP contribution is -2.39. The number of carbonyl (C=O) groups is 1. The van der Waals surface area contributed by atoms with E-state index in [1.54, 1.807) is 35.6 Å². The maximum atomic E-state index is 12.3. The smallest absolute Gasteiger partial charge is 0.241 e. The van der Waals surface area contributed by atoms with E-state index in [-0.39, 0.29) is 11.9 Å². The molecular weight excluding hydrogens is 296 g/mol. The Morgan fingerprint density at radius 2 is 2.23 bits per heavy atom. The standard InChI is InChI=1S/C16H18N4OS/c1-11(20(3)9-14-10-22-12(2)18-14)16(21)19-15-7-5-4-6-13(15)8-17/h4-7,10-11H,9H2,1-3H3,(H,19,21). The Bertz CT molecular complexity index is 704. The van der Waals surface area contributed by atoms with Crippen LogP contribution in [-0.2, 0) is 11.3 Å². The Labute approximate surface area is 134 Å². The van der Waals surface area contributed by atoms with Gasteiger partial charge in [-0.1, -0.05) is 12.1 Å². The van der Waals surface area contributed by atoms with Crippen molar-refractivity contribution in [2.45, 2.75) is 26.4 Å².